The quantitative estimate of drug-likeness (QED) is 0.886. The third-order valence-corrected chi connectivity index (χ3v) is 5.50. The summed E-state index contributed by atoms with van der Waals surface area (Å²) in [6.07, 6.45) is 4.52. The summed E-state index contributed by atoms with van der Waals surface area (Å²) in [5, 5.41) is 7.91. The lowest BCUT2D eigenvalue weighted by Gasteiger charge is -2.29. The highest BCUT2D eigenvalue weighted by Gasteiger charge is 2.48. The van der Waals surface area contributed by atoms with Gasteiger partial charge in [-0.1, -0.05) is 12.1 Å². The van der Waals surface area contributed by atoms with Crippen LogP contribution in [0.25, 0.3) is 0 Å². The number of carbonyl (C=O) groups is 1. The average Bonchev–Trinajstić information content (AvgIpc) is 3.04. The molecule has 1 aromatic carbocycles. The Morgan fingerprint density at radius 2 is 2.15 bits per heavy atom. The van der Waals surface area contributed by atoms with Crippen LogP contribution in [-0.2, 0) is 18.4 Å². The number of hydrogen-bond acceptors (Lipinski definition) is 5. The van der Waals surface area contributed by atoms with Gasteiger partial charge in [-0.3, -0.25) is 9.48 Å². The number of rotatable bonds is 5. The summed E-state index contributed by atoms with van der Waals surface area (Å²) in [6, 6.07) is 8.40. The summed E-state index contributed by atoms with van der Waals surface area (Å²) in [5.74, 6) is 1.82. The molecule has 1 N–H and O–H groups in total. The fraction of sp³-hybridized carbons (Fsp3) is 0.474. The number of nitrogens with one attached hydrogen (secondary N) is 1. The number of carbonyl (C=O) groups excluding carboxylic acids is 1. The Balaban J connectivity index is 1.40. The Morgan fingerprint density at radius 1 is 1.27 bits per heavy atom. The van der Waals surface area contributed by atoms with E-state index in [0.717, 1.165) is 35.6 Å². The number of nitrogens with zero attached hydrogens (tertiary/aromatic N) is 3. The summed E-state index contributed by atoms with van der Waals surface area (Å²) in [7, 11) is 1.94. The Bertz CT molecular complexity index is 845. The molecule has 136 valence electrons. The number of fused-ring (bicyclic) bond motifs is 1. The molecule has 2 aliphatic heterocycles. The first-order chi connectivity index (χ1) is 12.7. The van der Waals surface area contributed by atoms with Crippen molar-refractivity contribution in [2.45, 2.75) is 43.9 Å². The normalized spacial score (nSPS) is 24.5. The molecule has 2 aromatic rings. The molecule has 26 heavy (non-hydrogen) atoms. The third kappa shape index (κ3) is 2.54. The van der Waals surface area contributed by atoms with Crippen LogP contribution < -0.4 is 14.8 Å². The van der Waals surface area contributed by atoms with Crippen molar-refractivity contribution in [3.8, 4) is 11.5 Å². The van der Waals surface area contributed by atoms with Crippen molar-refractivity contribution in [3.05, 3.63) is 41.7 Å². The van der Waals surface area contributed by atoms with Crippen molar-refractivity contribution in [1.82, 2.24) is 20.0 Å². The smallest absolute Gasteiger partial charge is 0.231 e. The zero-order valence-electron chi connectivity index (χ0n) is 14.7. The fourth-order valence-electron chi connectivity index (χ4n) is 4.12. The summed E-state index contributed by atoms with van der Waals surface area (Å²) < 4.78 is 12.9. The SMILES string of the molecule is Cn1nccc1[C@H]1[C@H](NCc2cccc3c2OCO3)CC(=O)N1C1CC1. The van der Waals surface area contributed by atoms with E-state index in [1.165, 1.54) is 0 Å². The van der Waals surface area contributed by atoms with Gasteiger partial charge in [-0.2, -0.15) is 5.10 Å². The Hall–Kier alpha value is -2.54. The first-order valence-electron chi connectivity index (χ1n) is 9.12. The van der Waals surface area contributed by atoms with Crippen LogP contribution in [-0.4, -0.2) is 39.5 Å². The van der Waals surface area contributed by atoms with Crippen molar-refractivity contribution in [3.63, 3.8) is 0 Å². The maximum atomic E-state index is 12.7. The highest BCUT2D eigenvalue weighted by Crippen LogP contribution is 2.42. The van der Waals surface area contributed by atoms with E-state index >= 15 is 0 Å². The lowest BCUT2D eigenvalue weighted by molar-refractivity contribution is -0.129. The van der Waals surface area contributed by atoms with Crippen LogP contribution in [0.3, 0.4) is 0 Å². The molecule has 5 rings (SSSR count). The second-order valence-corrected chi connectivity index (χ2v) is 7.20. The minimum atomic E-state index is 0.0245. The van der Waals surface area contributed by atoms with Gasteiger partial charge in [-0.05, 0) is 25.0 Å². The van der Waals surface area contributed by atoms with Gasteiger partial charge in [-0.25, -0.2) is 0 Å². The number of likely N-dealkylation sites (tertiary alicyclic amines) is 1. The van der Waals surface area contributed by atoms with E-state index in [9.17, 15) is 4.79 Å². The lowest BCUT2D eigenvalue weighted by atomic mass is 10.0. The molecule has 1 aromatic heterocycles. The number of aryl methyl sites for hydroxylation is 1. The van der Waals surface area contributed by atoms with E-state index in [2.05, 4.69) is 15.3 Å². The van der Waals surface area contributed by atoms with Crippen LogP contribution in [0.2, 0.25) is 0 Å². The zero-order valence-corrected chi connectivity index (χ0v) is 14.7. The molecule has 0 spiro atoms. The second-order valence-electron chi connectivity index (χ2n) is 7.20. The topological polar surface area (TPSA) is 68.6 Å². The monoisotopic (exact) mass is 354 g/mol. The first kappa shape index (κ1) is 15.7. The van der Waals surface area contributed by atoms with Crippen molar-refractivity contribution in [2.24, 2.45) is 7.05 Å². The predicted octanol–water partition coefficient (Wildman–Crippen LogP) is 1.74. The van der Waals surface area contributed by atoms with Crippen LogP contribution in [0.5, 0.6) is 11.5 Å². The minimum Gasteiger partial charge on any atom is -0.454 e. The van der Waals surface area contributed by atoms with Crippen LogP contribution in [0.1, 0.15) is 36.6 Å². The maximum Gasteiger partial charge on any atom is 0.231 e. The third-order valence-electron chi connectivity index (χ3n) is 5.50. The fourth-order valence-corrected chi connectivity index (χ4v) is 4.12. The van der Waals surface area contributed by atoms with Gasteiger partial charge in [0.25, 0.3) is 0 Å². The van der Waals surface area contributed by atoms with Crippen LogP contribution >= 0.6 is 0 Å². The van der Waals surface area contributed by atoms with E-state index in [0.29, 0.717) is 19.0 Å². The number of amides is 1. The van der Waals surface area contributed by atoms with Crippen LogP contribution in [0.4, 0.5) is 0 Å². The summed E-state index contributed by atoms with van der Waals surface area (Å²) in [4.78, 5) is 14.8. The highest BCUT2D eigenvalue weighted by molar-refractivity contribution is 5.81. The highest BCUT2D eigenvalue weighted by atomic mass is 16.7. The summed E-state index contributed by atoms with van der Waals surface area (Å²) >= 11 is 0. The second kappa shape index (κ2) is 6.02. The van der Waals surface area contributed by atoms with E-state index in [4.69, 9.17) is 9.47 Å². The number of aromatic nitrogens is 2. The zero-order chi connectivity index (χ0) is 17.7. The number of ether oxygens (including phenoxy) is 2. The Morgan fingerprint density at radius 3 is 2.92 bits per heavy atom. The van der Waals surface area contributed by atoms with Crippen molar-refractivity contribution >= 4 is 5.91 Å². The molecule has 1 saturated heterocycles. The minimum absolute atomic E-state index is 0.0245. The largest absolute Gasteiger partial charge is 0.454 e. The van der Waals surface area contributed by atoms with Gasteiger partial charge in [-0.15, -0.1) is 0 Å². The molecular formula is C19H22N4O3. The van der Waals surface area contributed by atoms with Gasteiger partial charge in [0.2, 0.25) is 12.7 Å². The maximum absolute atomic E-state index is 12.7. The molecule has 2 fully saturated rings. The molecular weight excluding hydrogens is 332 g/mol. The summed E-state index contributed by atoms with van der Waals surface area (Å²) in [5.41, 5.74) is 2.14. The molecule has 0 bridgehead atoms. The van der Waals surface area contributed by atoms with Gasteiger partial charge >= 0.3 is 0 Å². The van der Waals surface area contributed by atoms with Crippen molar-refractivity contribution < 1.29 is 14.3 Å². The molecule has 3 heterocycles. The molecule has 2 atom stereocenters. The van der Waals surface area contributed by atoms with E-state index < -0.39 is 0 Å². The molecule has 0 unspecified atom stereocenters. The first-order valence-corrected chi connectivity index (χ1v) is 9.12. The van der Waals surface area contributed by atoms with E-state index in [-0.39, 0.29) is 24.8 Å². The van der Waals surface area contributed by atoms with Gasteiger partial charge in [0.1, 0.15) is 0 Å². The lowest BCUT2D eigenvalue weighted by Crippen LogP contribution is -2.38. The average molecular weight is 354 g/mol. The molecule has 1 saturated carbocycles. The van der Waals surface area contributed by atoms with Gasteiger partial charge in [0, 0.05) is 43.9 Å². The molecule has 3 aliphatic rings. The predicted molar refractivity (Wildman–Crippen MR) is 93.6 cm³/mol. The van der Waals surface area contributed by atoms with Crippen LogP contribution in [0, 0.1) is 0 Å². The van der Waals surface area contributed by atoms with Gasteiger partial charge in [0.15, 0.2) is 11.5 Å². The number of hydrogen-bond donors (Lipinski definition) is 1. The van der Waals surface area contributed by atoms with E-state index in [1.807, 2.05) is 36.0 Å². The molecule has 7 heteroatoms. The number of para-hydroxylation sites is 1. The number of benzene rings is 1. The van der Waals surface area contributed by atoms with Gasteiger partial charge in [0.05, 0.1) is 11.7 Å². The standard InChI is InChI=1S/C19H22N4O3/c1-22-15(7-8-21-22)18-14(9-17(24)23(18)13-5-6-13)20-10-12-3-2-4-16-19(12)26-11-25-16/h2-4,7-8,13-14,18,20H,5-6,9-11H2,1H3/t14-,18-/m1/s1. The van der Waals surface area contributed by atoms with Crippen LogP contribution in [0.15, 0.2) is 30.5 Å². The summed E-state index contributed by atoms with van der Waals surface area (Å²) in [6.45, 7) is 0.901. The van der Waals surface area contributed by atoms with Gasteiger partial charge < -0.3 is 19.7 Å². The Kier molecular flexibility index (Phi) is 3.63. The molecule has 7 nitrogen and oxygen atoms in total. The van der Waals surface area contributed by atoms with E-state index in [1.54, 1.807) is 6.20 Å². The van der Waals surface area contributed by atoms with Crippen molar-refractivity contribution in [1.29, 1.82) is 0 Å². The molecule has 1 amide bonds. The molecule has 1 aliphatic carbocycles. The Labute approximate surface area is 151 Å². The van der Waals surface area contributed by atoms with Crippen molar-refractivity contribution in [2.75, 3.05) is 6.79 Å². The molecule has 0 radical (unpaired) electrons.